The van der Waals surface area contributed by atoms with Crippen LogP contribution < -0.4 is 5.32 Å². The second-order valence-electron chi connectivity index (χ2n) is 4.57. The third-order valence-corrected chi connectivity index (χ3v) is 3.33. The van der Waals surface area contributed by atoms with Crippen molar-refractivity contribution in [2.24, 2.45) is 5.92 Å². The summed E-state index contributed by atoms with van der Waals surface area (Å²) in [4.78, 5) is 15.8. The summed E-state index contributed by atoms with van der Waals surface area (Å²) in [5, 5.41) is 3.26. The Morgan fingerprint density at radius 1 is 1.56 bits per heavy atom. The second-order valence-corrected chi connectivity index (χ2v) is 4.57. The van der Waals surface area contributed by atoms with Crippen molar-refractivity contribution in [3.05, 3.63) is 29.6 Å². The summed E-state index contributed by atoms with van der Waals surface area (Å²) < 4.78 is 4.84. The molecule has 4 nitrogen and oxygen atoms in total. The van der Waals surface area contributed by atoms with Crippen molar-refractivity contribution >= 4 is 5.97 Å². The van der Waals surface area contributed by atoms with Crippen LogP contribution in [0.15, 0.2) is 18.5 Å². The lowest BCUT2D eigenvalue weighted by atomic mass is 9.99. The van der Waals surface area contributed by atoms with Crippen LogP contribution in [0.2, 0.25) is 0 Å². The van der Waals surface area contributed by atoms with Crippen molar-refractivity contribution in [3.63, 3.8) is 0 Å². The van der Waals surface area contributed by atoms with Crippen LogP contribution in [-0.2, 0) is 16.1 Å². The molecule has 4 heteroatoms. The molecule has 0 aliphatic carbocycles. The summed E-state index contributed by atoms with van der Waals surface area (Å²) in [5.41, 5.74) is 2.28. The molecule has 0 aliphatic rings. The predicted molar refractivity (Wildman–Crippen MR) is 71.1 cm³/mol. The first-order valence-corrected chi connectivity index (χ1v) is 6.30. The van der Waals surface area contributed by atoms with Crippen LogP contribution in [0.25, 0.3) is 0 Å². The van der Waals surface area contributed by atoms with E-state index in [1.165, 1.54) is 12.7 Å². The summed E-state index contributed by atoms with van der Waals surface area (Å²) in [6.45, 7) is 6.78. The molecule has 0 radical (unpaired) electrons. The highest BCUT2D eigenvalue weighted by atomic mass is 16.5. The molecule has 0 aromatic carbocycles. The van der Waals surface area contributed by atoms with Crippen LogP contribution in [-0.4, -0.2) is 24.1 Å². The Hall–Kier alpha value is -1.42. The van der Waals surface area contributed by atoms with Gasteiger partial charge in [0, 0.05) is 18.9 Å². The van der Waals surface area contributed by atoms with E-state index in [0.717, 1.165) is 12.0 Å². The molecule has 1 heterocycles. The summed E-state index contributed by atoms with van der Waals surface area (Å²) in [6.07, 6.45) is 4.53. The van der Waals surface area contributed by atoms with E-state index in [1.54, 1.807) is 6.20 Å². The quantitative estimate of drug-likeness (QED) is 0.785. The van der Waals surface area contributed by atoms with Gasteiger partial charge in [0.05, 0.1) is 7.11 Å². The second kappa shape index (κ2) is 7.11. The van der Waals surface area contributed by atoms with Gasteiger partial charge in [0.1, 0.15) is 6.04 Å². The average Bonchev–Trinajstić information content (AvgIpc) is 2.40. The fourth-order valence-corrected chi connectivity index (χ4v) is 1.78. The van der Waals surface area contributed by atoms with Crippen molar-refractivity contribution < 1.29 is 9.53 Å². The molecule has 1 rings (SSSR count). The standard InChI is InChI=1S/C14H22N2O2/c1-5-10(2)13(14(17)18-4)16-9-12-8-15-7-6-11(12)3/h6-8,10,13,16H,5,9H2,1-4H3. The highest BCUT2D eigenvalue weighted by Gasteiger charge is 2.24. The first-order chi connectivity index (χ1) is 8.60. The van der Waals surface area contributed by atoms with E-state index in [2.05, 4.69) is 17.2 Å². The third-order valence-electron chi connectivity index (χ3n) is 3.33. The number of nitrogens with zero attached hydrogens (tertiary/aromatic N) is 1. The number of aryl methyl sites for hydroxylation is 1. The smallest absolute Gasteiger partial charge is 0.323 e. The number of hydrogen-bond donors (Lipinski definition) is 1. The minimum Gasteiger partial charge on any atom is -0.468 e. The van der Waals surface area contributed by atoms with E-state index < -0.39 is 0 Å². The van der Waals surface area contributed by atoms with Crippen LogP contribution in [0.4, 0.5) is 0 Å². The van der Waals surface area contributed by atoms with Crippen molar-refractivity contribution in [2.75, 3.05) is 7.11 Å². The van der Waals surface area contributed by atoms with Gasteiger partial charge in [-0.1, -0.05) is 20.3 Å². The van der Waals surface area contributed by atoms with Gasteiger partial charge in [-0.25, -0.2) is 0 Å². The molecule has 0 saturated carbocycles. The van der Waals surface area contributed by atoms with Gasteiger partial charge in [0.15, 0.2) is 0 Å². The van der Waals surface area contributed by atoms with Gasteiger partial charge in [0.25, 0.3) is 0 Å². The molecule has 18 heavy (non-hydrogen) atoms. The topological polar surface area (TPSA) is 51.2 Å². The molecule has 1 N–H and O–H groups in total. The van der Waals surface area contributed by atoms with Crippen molar-refractivity contribution in [2.45, 2.75) is 39.8 Å². The number of nitrogens with one attached hydrogen (secondary N) is 1. The summed E-state index contributed by atoms with van der Waals surface area (Å²) in [5.74, 6) is 0.0420. The van der Waals surface area contributed by atoms with Crippen LogP contribution >= 0.6 is 0 Å². The molecule has 1 aromatic rings. The molecular weight excluding hydrogens is 228 g/mol. The van der Waals surface area contributed by atoms with Crippen molar-refractivity contribution in [3.8, 4) is 0 Å². The summed E-state index contributed by atoms with van der Waals surface area (Å²) in [7, 11) is 1.43. The molecule has 2 unspecified atom stereocenters. The Kier molecular flexibility index (Phi) is 5.78. The van der Waals surface area contributed by atoms with E-state index in [4.69, 9.17) is 4.74 Å². The predicted octanol–water partition coefficient (Wildman–Crippen LogP) is 2.07. The van der Waals surface area contributed by atoms with Gasteiger partial charge in [0.2, 0.25) is 0 Å². The highest BCUT2D eigenvalue weighted by molar-refractivity contribution is 5.75. The maximum absolute atomic E-state index is 11.7. The minimum absolute atomic E-state index is 0.203. The zero-order chi connectivity index (χ0) is 13.5. The number of carbonyl (C=O) groups is 1. The Morgan fingerprint density at radius 2 is 2.28 bits per heavy atom. The molecule has 0 aliphatic heterocycles. The zero-order valence-corrected chi connectivity index (χ0v) is 11.6. The number of aromatic nitrogens is 1. The molecule has 0 bridgehead atoms. The maximum Gasteiger partial charge on any atom is 0.323 e. The largest absolute Gasteiger partial charge is 0.468 e. The van der Waals surface area contributed by atoms with Gasteiger partial charge in [-0.05, 0) is 30.0 Å². The fourth-order valence-electron chi connectivity index (χ4n) is 1.78. The number of ether oxygens (including phenoxy) is 1. The zero-order valence-electron chi connectivity index (χ0n) is 11.6. The van der Waals surface area contributed by atoms with Crippen LogP contribution in [0.5, 0.6) is 0 Å². The Bertz CT molecular complexity index is 393. The number of hydrogen-bond acceptors (Lipinski definition) is 4. The van der Waals surface area contributed by atoms with Gasteiger partial charge < -0.3 is 10.1 Å². The van der Waals surface area contributed by atoms with E-state index in [-0.39, 0.29) is 17.9 Å². The normalized spacial score (nSPS) is 14.0. The lowest BCUT2D eigenvalue weighted by Gasteiger charge is -2.22. The summed E-state index contributed by atoms with van der Waals surface area (Å²) >= 11 is 0. The highest BCUT2D eigenvalue weighted by Crippen LogP contribution is 2.11. The van der Waals surface area contributed by atoms with Gasteiger partial charge in [-0.3, -0.25) is 9.78 Å². The average molecular weight is 250 g/mol. The van der Waals surface area contributed by atoms with Crippen LogP contribution in [0.3, 0.4) is 0 Å². The van der Waals surface area contributed by atoms with E-state index in [9.17, 15) is 4.79 Å². The minimum atomic E-state index is -0.264. The number of esters is 1. The summed E-state index contributed by atoms with van der Waals surface area (Å²) in [6, 6.07) is 1.70. The SMILES string of the molecule is CCC(C)C(NCc1cnccc1C)C(=O)OC. The van der Waals surface area contributed by atoms with E-state index in [1.807, 2.05) is 26.1 Å². The Labute approximate surface area is 109 Å². The fraction of sp³-hybridized carbons (Fsp3) is 0.571. The first-order valence-electron chi connectivity index (χ1n) is 6.30. The Morgan fingerprint density at radius 3 is 2.83 bits per heavy atom. The van der Waals surface area contributed by atoms with E-state index >= 15 is 0 Å². The van der Waals surface area contributed by atoms with Crippen LogP contribution in [0, 0.1) is 12.8 Å². The molecule has 2 atom stereocenters. The lowest BCUT2D eigenvalue weighted by molar-refractivity contribution is -0.144. The third kappa shape index (κ3) is 3.81. The number of methoxy groups -OCH3 is 1. The lowest BCUT2D eigenvalue weighted by Crippen LogP contribution is -2.42. The molecule has 0 amide bonds. The van der Waals surface area contributed by atoms with Crippen molar-refractivity contribution in [1.29, 1.82) is 0 Å². The molecule has 0 spiro atoms. The number of pyridine rings is 1. The van der Waals surface area contributed by atoms with Gasteiger partial charge in [-0.2, -0.15) is 0 Å². The van der Waals surface area contributed by atoms with E-state index in [0.29, 0.717) is 6.54 Å². The van der Waals surface area contributed by atoms with Crippen LogP contribution in [0.1, 0.15) is 31.4 Å². The first kappa shape index (κ1) is 14.6. The molecule has 0 fully saturated rings. The molecular formula is C14H22N2O2. The Balaban J connectivity index is 2.68. The number of carbonyl (C=O) groups excluding carboxylic acids is 1. The van der Waals surface area contributed by atoms with Crippen molar-refractivity contribution in [1.82, 2.24) is 10.3 Å². The molecule has 100 valence electrons. The number of rotatable bonds is 6. The van der Waals surface area contributed by atoms with Gasteiger partial charge in [-0.15, -0.1) is 0 Å². The monoisotopic (exact) mass is 250 g/mol. The molecule has 1 aromatic heterocycles. The van der Waals surface area contributed by atoms with Gasteiger partial charge >= 0.3 is 5.97 Å². The maximum atomic E-state index is 11.7. The molecule has 0 saturated heterocycles.